The van der Waals surface area contributed by atoms with Gasteiger partial charge in [0.25, 0.3) is 0 Å². The molecule has 0 unspecified atom stereocenters. The average molecular weight is 494 g/mol. The van der Waals surface area contributed by atoms with E-state index in [0.29, 0.717) is 6.04 Å². The van der Waals surface area contributed by atoms with Crippen LogP contribution in [0.3, 0.4) is 0 Å². The third kappa shape index (κ3) is 6.72. The minimum atomic E-state index is -0.112. The first-order valence-electron chi connectivity index (χ1n) is 10.8. The summed E-state index contributed by atoms with van der Waals surface area (Å²) in [4.78, 5) is 7.70. The number of hydrogen-bond donors (Lipinski definition) is 3. The molecule has 1 heterocycles. The molecule has 0 amide bonds. The third-order valence-corrected chi connectivity index (χ3v) is 6.38. The Labute approximate surface area is 181 Å². The van der Waals surface area contributed by atoms with Crippen molar-refractivity contribution in [1.29, 1.82) is 0 Å². The van der Waals surface area contributed by atoms with Crippen LogP contribution < -0.4 is 10.6 Å². The normalized spacial score (nSPS) is 29.6. The van der Waals surface area contributed by atoms with Gasteiger partial charge in [-0.25, -0.2) is 0 Å². The number of aliphatic hydroxyl groups excluding tert-OH is 1. The Morgan fingerprint density at radius 3 is 2.41 bits per heavy atom. The lowest BCUT2D eigenvalue weighted by Crippen LogP contribution is -2.57. The summed E-state index contributed by atoms with van der Waals surface area (Å²) in [5.74, 6) is 0.951. The second kappa shape index (κ2) is 11.8. The highest BCUT2D eigenvalue weighted by Crippen LogP contribution is 2.34. The zero-order valence-electron chi connectivity index (χ0n) is 16.9. The van der Waals surface area contributed by atoms with Crippen LogP contribution in [0.4, 0.5) is 0 Å². The fraction of sp³-hybridized carbons (Fsp3) is 0.950. The Bertz CT molecular complexity index is 443. The van der Waals surface area contributed by atoms with Crippen LogP contribution in [0.1, 0.15) is 64.7 Å². The molecule has 3 N–H and O–H groups in total. The molecule has 0 radical (unpaired) electrons. The van der Waals surface area contributed by atoms with Gasteiger partial charge in [0.05, 0.1) is 25.9 Å². The van der Waals surface area contributed by atoms with Crippen LogP contribution in [0.5, 0.6) is 0 Å². The number of rotatable bonds is 5. The molecule has 0 bridgehead atoms. The summed E-state index contributed by atoms with van der Waals surface area (Å²) in [6, 6.07) is 0.432. The summed E-state index contributed by atoms with van der Waals surface area (Å²) in [6.45, 7) is 7.67. The lowest BCUT2D eigenvalue weighted by molar-refractivity contribution is -0.0333. The van der Waals surface area contributed by atoms with Crippen molar-refractivity contribution in [2.24, 2.45) is 4.99 Å². The molecule has 1 aliphatic heterocycles. The molecule has 0 spiro atoms. The molecule has 6 nitrogen and oxygen atoms in total. The number of guanidine groups is 1. The Balaban J connectivity index is 0.00000261. The Morgan fingerprint density at radius 2 is 1.78 bits per heavy atom. The van der Waals surface area contributed by atoms with Crippen molar-refractivity contribution in [3.63, 3.8) is 0 Å². The number of aliphatic imine (C=N–C) groups is 1. The van der Waals surface area contributed by atoms with Crippen molar-refractivity contribution in [2.45, 2.75) is 82.4 Å². The highest BCUT2D eigenvalue weighted by atomic mass is 127. The molecule has 0 atom stereocenters. The first kappa shape index (κ1) is 23.2. The molecule has 0 aromatic rings. The van der Waals surface area contributed by atoms with E-state index in [2.05, 4.69) is 22.5 Å². The number of hydrogen-bond acceptors (Lipinski definition) is 4. The van der Waals surface area contributed by atoms with Gasteiger partial charge < -0.3 is 20.5 Å². The summed E-state index contributed by atoms with van der Waals surface area (Å²) in [5.41, 5.74) is 0.215. The number of morpholine rings is 1. The van der Waals surface area contributed by atoms with Crippen LogP contribution in [0.2, 0.25) is 0 Å². The molecular formula is C20H39IN4O2. The van der Waals surface area contributed by atoms with Crippen LogP contribution in [0, 0.1) is 0 Å². The highest BCUT2D eigenvalue weighted by molar-refractivity contribution is 14.0. The van der Waals surface area contributed by atoms with Gasteiger partial charge in [-0.1, -0.05) is 19.3 Å². The van der Waals surface area contributed by atoms with Gasteiger partial charge in [-0.05, 0) is 45.4 Å². The van der Waals surface area contributed by atoms with Gasteiger partial charge in [-0.2, -0.15) is 0 Å². The molecule has 0 aromatic carbocycles. The van der Waals surface area contributed by atoms with E-state index in [9.17, 15) is 5.11 Å². The van der Waals surface area contributed by atoms with Gasteiger partial charge in [-0.15, -0.1) is 24.0 Å². The summed E-state index contributed by atoms with van der Waals surface area (Å²) in [7, 11) is 0. The van der Waals surface area contributed by atoms with Gasteiger partial charge >= 0.3 is 0 Å². The average Bonchev–Trinajstić information content (AvgIpc) is 2.69. The molecule has 2 aliphatic carbocycles. The predicted molar refractivity (Wildman–Crippen MR) is 121 cm³/mol. The maximum absolute atomic E-state index is 9.73. The maximum atomic E-state index is 9.73. The number of aliphatic hydroxyl groups is 1. The minimum absolute atomic E-state index is 0. The largest absolute Gasteiger partial charge is 0.393 e. The number of ether oxygens (including phenoxy) is 1. The molecule has 7 heteroatoms. The van der Waals surface area contributed by atoms with Crippen molar-refractivity contribution >= 4 is 29.9 Å². The Kier molecular flexibility index (Phi) is 10.1. The van der Waals surface area contributed by atoms with Crippen molar-refractivity contribution in [1.82, 2.24) is 15.5 Å². The van der Waals surface area contributed by atoms with Crippen LogP contribution >= 0.6 is 24.0 Å². The lowest BCUT2D eigenvalue weighted by Gasteiger charge is -2.47. The lowest BCUT2D eigenvalue weighted by atomic mass is 9.80. The molecule has 2 saturated carbocycles. The smallest absolute Gasteiger partial charge is 0.191 e. The number of nitrogens with zero attached hydrogens (tertiary/aromatic N) is 2. The van der Waals surface area contributed by atoms with Gasteiger partial charge in [0, 0.05) is 31.2 Å². The van der Waals surface area contributed by atoms with E-state index in [0.717, 1.165) is 71.0 Å². The van der Waals surface area contributed by atoms with E-state index in [1.54, 1.807) is 0 Å². The molecule has 1 saturated heterocycles. The van der Waals surface area contributed by atoms with Crippen molar-refractivity contribution < 1.29 is 9.84 Å². The molecule has 158 valence electrons. The van der Waals surface area contributed by atoms with Crippen molar-refractivity contribution in [3.05, 3.63) is 0 Å². The Hall–Kier alpha value is -0.120. The summed E-state index contributed by atoms with van der Waals surface area (Å²) < 4.78 is 5.59. The number of halogens is 1. The molecular weight excluding hydrogens is 455 g/mol. The highest BCUT2D eigenvalue weighted by Gasteiger charge is 2.38. The van der Waals surface area contributed by atoms with Crippen LogP contribution in [0.25, 0.3) is 0 Å². The maximum Gasteiger partial charge on any atom is 0.191 e. The van der Waals surface area contributed by atoms with E-state index < -0.39 is 0 Å². The van der Waals surface area contributed by atoms with Crippen molar-refractivity contribution in [3.8, 4) is 0 Å². The first-order valence-corrected chi connectivity index (χ1v) is 10.8. The first-order chi connectivity index (χ1) is 12.7. The standard InChI is InChI=1S/C20H38N4O2.HI/c1-2-21-19(23-17-6-8-18(25)9-7-17)22-16-20(10-4-3-5-11-20)24-12-14-26-15-13-24;/h17-18,25H,2-16H2,1H3,(H2,21,22,23);1H. The van der Waals surface area contributed by atoms with Gasteiger partial charge in [0.2, 0.25) is 0 Å². The summed E-state index contributed by atoms with van der Waals surface area (Å²) in [6.07, 6.45) is 10.2. The molecule has 3 fully saturated rings. The second-order valence-corrected chi connectivity index (χ2v) is 8.23. The van der Waals surface area contributed by atoms with E-state index in [1.807, 2.05) is 0 Å². The third-order valence-electron chi connectivity index (χ3n) is 6.38. The van der Waals surface area contributed by atoms with E-state index in [1.165, 1.54) is 32.1 Å². The molecule has 27 heavy (non-hydrogen) atoms. The van der Waals surface area contributed by atoms with Crippen molar-refractivity contribution in [2.75, 3.05) is 39.4 Å². The second-order valence-electron chi connectivity index (χ2n) is 8.23. The molecule has 0 aromatic heterocycles. The minimum Gasteiger partial charge on any atom is -0.393 e. The summed E-state index contributed by atoms with van der Waals surface area (Å²) >= 11 is 0. The topological polar surface area (TPSA) is 69.1 Å². The van der Waals surface area contributed by atoms with E-state index in [4.69, 9.17) is 9.73 Å². The zero-order chi connectivity index (χ0) is 18.2. The SMILES string of the molecule is CCNC(=NCC1(N2CCOCC2)CCCCC1)NC1CCC(O)CC1.I. The fourth-order valence-electron chi connectivity index (χ4n) is 4.78. The quantitative estimate of drug-likeness (QED) is 0.312. The van der Waals surface area contributed by atoms with Gasteiger partial charge in [0.1, 0.15) is 0 Å². The fourth-order valence-corrected chi connectivity index (χ4v) is 4.78. The number of nitrogens with one attached hydrogen (secondary N) is 2. The summed E-state index contributed by atoms with van der Waals surface area (Å²) in [5, 5.41) is 16.8. The van der Waals surface area contributed by atoms with E-state index >= 15 is 0 Å². The molecule has 3 rings (SSSR count). The Morgan fingerprint density at radius 1 is 1.11 bits per heavy atom. The monoisotopic (exact) mass is 494 g/mol. The van der Waals surface area contributed by atoms with Gasteiger partial charge in [0.15, 0.2) is 5.96 Å². The molecule has 3 aliphatic rings. The van der Waals surface area contributed by atoms with Crippen LogP contribution in [0.15, 0.2) is 4.99 Å². The van der Waals surface area contributed by atoms with Gasteiger partial charge in [-0.3, -0.25) is 9.89 Å². The van der Waals surface area contributed by atoms with E-state index in [-0.39, 0.29) is 35.6 Å². The predicted octanol–water partition coefficient (Wildman–Crippen LogP) is 2.50. The zero-order valence-corrected chi connectivity index (χ0v) is 19.2. The van der Waals surface area contributed by atoms with Crippen LogP contribution in [-0.2, 0) is 4.74 Å². The van der Waals surface area contributed by atoms with Crippen LogP contribution in [-0.4, -0.2) is 73.0 Å².